The van der Waals surface area contributed by atoms with Crippen LogP contribution in [0.1, 0.15) is 54.6 Å². The fourth-order valence-corrected chi connectivity index (χ4v) is 3.66. The maximum absolute atomic E-state index is 5.89. The van der Waals surface area contributed by atoms with Gasteiger partial charge in [0, 0.05) is 24.6 Å². The summed E-state index contributed by atoms with van der Waals surface area (Å²) in [5, 5.41) is 7.79. The molecule has 1 saturated carbocycles. The Labute approximate surface area is 167 Å². The molecule has 5 nitrogen and oxygen atoms in total. The maximum Gasteiger partial charge on any atom is 0.191 e. The Morgan fingerprint density at radius 2 is 2.04 bits per heavy atom. The summed E-state index contributed by atoms with van der Waals surface area (Å²) in [7, 11) is 0. The van der Waals surface area contributed by atoms with Gasteiger partial charge in [-0.2, -0.15) is 0 Å². The van der Waals surface area contributed by atoms with E-state index in [-0.39, 0.29) is 24.0 Å². The molecular weight excluding hydrogens is 435 g/mol. The zero-order valence-corrected chi connectivity index (χ0v) is 18.2. The summed E-state index contributed by atoms with van der Waals surface area (Å²) >= 11 is 1.73. The number of rotatable bonds is 8. The van der Waals surface area contributed by atoms with Crippen LogP contribution >= 0.6 is 35.3 Å². The molecule has 1 aliphatic carbocycles. The highest BCUT2D eigenvalue weighted by Crippen LogP contribution is 2.20. The molecule has 7 heteroatoms. The fourth-order valence-electron chi connectivity index (χ4n) is 2.80. The highest BCUT2D eigenvalue weighted by molar-refractivity contribution is 14.0. The number of aliphatic imine (C=N–C) groups is 1. The molecule has 0 bridgehead atoms. The van der Waals surface area contributed by atoms with Gasteiger partial charge in [0.1, 0.15) is 0 Å². The van der Waals surface area contributed by atoms with Crippen molar-refractivity contribution in [2.75, 3.05) is 19.7 Å². The molecule has 2 N–H and O–H groups in total. The van der Waals surface area contributed by atoms with Crippen molar-refractivity contribution in [1.82, 2.24) is 15.6 Å². The average Bonchev–Trinajstić information content (AvgIpc) is 3.14. The van der Waals surface area contributed by atoms with Crippen molar-refractivity contribution in [3.05, 3.63) is 15.6 Å². The minimum Gasteiger partial charge on any atom is -0.378 e. The van der Waals surface area contributed by atoms with Crippen molar-refractivity contribution in [3.63, 3.8) is 0 Å². The van der Waals surface area contributed by atoms with Gasteiger partial charge < -0.3 is 15.4 Å². The summed E-state index contributed by atoms with van der Waals surface area (Å²) in [6.45, 7) is 9.45. The van der Waals surface area contributed by atoms with Gasteiger partial charge in [-0.1, -0.05) is 12.8 Å². The second kappa shape index (κ2) is 12.0. The minimum absolute atomic E-state index is 0. The first-order chi connectivity index (χ1) is 11.2. The standard InChI is InChI=1S/C17H30N4OS.HI/c1-4-18-17(20-12-16-13(2)21-14(3)23-16)19-10-7-11-22-15-8-5-6-9-15;/h15H,4-12H2,1-3H3,(H2,18,19,20);1H. The van der Waals surface area contributed by atoms with Gasteiger partial charge in [0.05, 0.1) is 23.4 Å². The number of aryl methyl sites for hydroxylation is 2. The van der Waals surface area contributed by atoms with E-state index < -0.39 is 0 Å². The zero-order valence-electron chi connectivity index (χ0n) is 15.1. The van der Waals surface area contributed by atoms with Gasteiger partial charge >= 0.3 is 0 Å². The van der Waals surface area contributed by atoms with E-state index in [4.69, 9.17) is 4.74 Å². The molecule has 1 aliphatic rings. The summed E-state index contributed by atoms with van der Waals surface area (Å²) in [5.74, 6) is 0.874. The van der Waals surface area contributed by atoms with Gasteiger partial charge in [0.2, 0.25) is 0 Å². The molecule has 24 heavy (non-hydrogen) atoms. The van der Waals surface area contributed by atoms with Gasteiger partial charge in [-0.25, -0.2) is 9.98 Å². The van der Waals surface area contributed by atoms with Crippen LogP contribution in [-0.2, 0) is 11.3 Å². The van der Waals surface area contributed by atoms with Crippen LogP contribution in [0.25, 0.3) is 0 Å². The van der Waals surface area contributed by atoms with Gasteiger partial charge in [0.15, 0.2) is 5.96 Å². The lowest BCUT2D eigenvalue weighted by Gasteiger charge is -2.13. The van der Waals surface area contributed by atoms with Crippen LogP contribution < -0.4 is 10.6 Å². The van der Waals surface area contributed by atoms with Crippen LogP contribution in [0.15, 0.2) is 4.99 Å². The molecule has 0 spiro atoms. The van der Waals surface area contributed by atoms with Gasteiger partial charge in [-0.05, 0) is 40.0 Å². The lowest BCUT2D eigenvalue weighted by molar-refractivity contribution is 0.0574. The van der Waals surface area contributed by atoms with Crippen molar-refractivity contribution < 1.29 is 4.74 Å². The van der Waals surface area contributed by atoms with Crippen molar-refractivity contribution in [3.8, 4) is 0 Å². The van der Waals surface area contributed by atoms with Crippen LogP contribution in [0.4, 0.5) is 0 Å². The molecule has 1 aromatic heterocycles. The number of thiazole rings is 1. The quantitative estimate of drug-likeness (QED) is 0.265. The number of hydrogen-bond donors (Lipinski definition) is 2. The lowest BCUT2D eigenvalue weighted by Crippen LogP contribution is -2.38. The molecule has 0 aliphatic heterocycles. The summed E-state index contributed by atoms with van der Waals surface area (Å²) in [6, 6.07) is 0. The van der Waals surface area contributed by atoms with Gasteiger partial charge in [-0.3, -0.25) is 0 Å². The van der Waals surface area contributed by atoms with Gasteiger partial charge in [-0.15, -0.1) is 35.3 Å². The summed E-state index contributed by atoms with van der Waals surface area (Å²) < 4.78 is 5.89. The largest absolute Gasteiger partial charge is 0.378 e. The van der Waals surface area contributed by atoms with Crippen LogP contribution in [0.2, 0.25) is 0 Å². The Balaban J connectivity index is 0.00000288. The monoisotopic (exact) mass is 466 g/mol. The Bertz CT molecular complexity index is 501. The molecule has 0 atom stereocenters. The third kappa shape index (κ3) is 7.65. The molecule has 138 valence electrons. The van der Waals surface area contributed by atoms with Crippen LogP contribution in [0.5, 0.6) is 0 Å². The topological polar surface area (TPSA) is 58.5 Å². The van der Waals surface area contributed by atoms with E-state index in [1.54, 1.807) is 11.3 Å². The Morgan fingerprint density at radius 1 is 1.29 bits per heavy atom. The second-order valence-corrected chi connectivity index (χ2v) is 7.28. The predicted molar refractivity (Wildman–Crippen MR) is 113 cm³/mol. The highest BCUT2D eigenvalue weighted by Gasteiger charge is 2.14. The molecule has 2 rings (SSSR count). The number of nitrogens with one attached hydrogen (secondary N) is 2. The van der Waals surface area contributed by atoms with E-state index in [9.17, 15) is 0 Å². The number of nitrogens with zero attached hydrogens (tertiary/aromatic N) is 2. The van der Waals surface area contributed by atoms with Crippen molar-refractivity contribution in [1.29, 1.82) is 0 Å². The molecule has 1 fully saturated rings. The van der Waals surface area contributed by atoms with Crippen LogP contribution in [-0.4, -0.2) is 36.7 Å². The van der Waals surface area contributed by atoms with E-state index >= 15 is 0 Å². The first-order valence-corrected chi connectivity index (χ1v) is 9.57. The van der Waals surface area contributed by atoms with E-state index in [1.807, 2.05) is 6.92 Å². The minimum atomic E-state index is 0. The predicted octanol–water partition coefficient (Wildman–Crippen LogP) is 3.78. The Morgan fingerprint density at radius 3 is 2.67 bits per heavy atom. The first-order valence-electron chi connectivity index (χ1n) is 8.75. The maximum atomic E-state index is 5.89. The third-order valence-electron chi connectivity index (χ3n) is 3.99. The number of guanidine groups is 1. The Hall–Kier alpha value is -0.410. The molecule has 0 radical (unpaired) electrons. The average molecular weight is 466 g/mol. The fraction of sp³-hybridized carbons (Fsp3) is 0.765. The number of hydrogen-bond acceptors (Lipinski definition) is 4. The SMILES string of the molecule is CCNC(=NCc1sc(C)nc1C)NCCCOC1CCCC1.I. The normalized spacial score (nSPS) is 15.4. The first kappa shape index (κ1) is 21.6. The number of halogens is 1. The number of ether oxygens (including phenoxy) is 1. The van der Waals surface area contributed by atoms with Crippen LogP contribution in [0, 0.1) is 13.8 Å². The zero-order chi connectivity index (χ0) is 16.5. The van der Waals surface area contributed by atoms with E-state index in [1.165, 1.54) is 30.6 Å². The van der Waals surface area contributed by atoms with Crippen LogP contribution in [0.3, 0.4) is 0 Å². The summed E-state index contributed by atoms with van der Waals surface area (Å²) in [6.07, 6.45) is 6.66. The summed E-state index contributed by atoms with van der Waals surface area (Å²) in [5.41, 5.74) is 1.09. The second-order valence-electron chi connectivity index (χ2n) is 5.99. The molecule has 0 aromatic carbocycles. The van der Waals surface area contributed by atoms with E-state index in [2.05, 4.69) is 34.5 Å². The van der Waals surface area contributed by atoms with Crippen molar-refractivity contribution in [2.45, 2.75) is 65.5 Å². The molecule has 1 heterocycles. The Kier molecular flexibility index (Phi) is 10.8. The molecular formula is C17H31IN4OS. The molecule has 0 unspecified atom stereocenters. The highest BCUT2D eigenvalue weighted by atomic mass is 127. The molecule has 0 amide bonds. The molecule has 0 saturated heterocycles. The smallest absolute Gasteiger partial charge is 0.191 e. The summed E-state index contributed by atoms with van der Waals surface area (Å²) in [4.78, 5) is 10.3. The third-order valence-corrected chi connectivity index (χ3v) is 5.05. The lowest BCUT2D eigenvalue weighted by atomic mass is 10.3. The molecule has 1 aromatic rings. The van der Waals surface area contributed by atoms with Crippen molar-refractivity contribution in [2.24, 2.45) is 4.99 Å². The van der Waals surface area contributed by atoms with Gasteiger partial charge in [0.25, 0.3) is 0 Å². The van der Waals surface area contributed by atoms with E-state index in [0.29, 0.717) is 12.6 Å². The number of aromatic nitrogens is 1. The van der Waals surface area contributed by atoms with E-state index in [0.717, 1.165) is 42.8 Å². The van der Waals surface area contributed by atoms with Crippen molar-refractivity contribution >= 4 is 41.3 Å².